The van der Waals surface area contributed by atoms with Gasteiger partial charge in [0.2, 0.25) is 5.91 Å². The molecule has 0 heterocycles. The SMILES string of the molecule is CC(O)C=CC=CC(O)CCC=CC=CC(=O)NCC(C)C. The van der Waals surface area contributed by atoms with E-state index >= 15 is 0 Å². The molecule has 124 valence electrons. The molecule has 4 heteroatoms. The zero-order chi connectivity index (χ0) is 16.8. The van der Waals surface area contributed by atoms with Crippen molar-refractivity contribution in [3.63, 3.8) is 0 Å². The predicted molar refractivity (Wildman–Crippen MR) is 91.3 cm³/mol. The van der Waals surface area contributed by atoms with E-state index in [0.717, 1.165) is 6.42 Å². The standard InChI is InChI=1S/C18H29NO3/c1-15(2)14-19-18(22)13-7-5-4-6-11-17(21)12-9-8-10-16(3)20/h4-5,7-10,12-13,15-17,20-21H,6,11,14H2,1-3H3,(H,19,22). The molecule has 4 nitrogen and oxygen atoms in total. The Bertz CT molecular complexity index is 407. The number of hydrogen-bond acceptors (Lipinski definition) is 3. The fourth-order valence-corrected chi connectivity index (χ4v) is 1.46. The third kappa shape index (κ3) is 14.8. The van der Waals surface area contributed by atoms with Gasteiger partial charge in [0.1, 0.15) is 0 Å². The molecule has 0 aliphatic heterocycles. The van der Waals surface area contributed by atoms with Crippen LogP contribution in [-0.4, -0.2) is 34.9 Å². The number of allylic oxidation sites excluding steroid dienone is 5. The Kier molecular flexibility index (Phi) is 12.1. The lowest BCUT2D eigenvalue weighted by atomic mass is 10.1. The lowest BCUT2D eigenvalue weighted by molar-refractivity contribution is -0.116. The van der Waals surface area contributed by atoms with Gasteiger partial charge in [0.15, 0.2) is 0 Å². The Morgan fingerprint density at radius 1 is 1.05 bits per heavy atom. The molecular formula is C18H29NO3. The minimum absolute atomic E-state index is 0.0915. The molecule has 0 saturated carbocycles. The second-order valence-electron chi connectivity index (χ2n) is 5.58. The highest BCUT2D eigenvalue weighted by atomic mass is 16.3. The molecule has 0 aromatic carbocycles. The molecular weight excluding hydrogens is 278 g/mol. The van der Waals surface area contributed by atoms with Gasteiger partial charge in [0.25, 0.3) is 0 Å². The Hall–Kier alpha value is -1.65. The average Bonchev–Trinajstić information content (AvgIpc) is 2.44. The summed E-state index contributed by atoms with van der Waals surface area (Å²) in [6, 6.07) is 0. The van der Waals surface area contributed by atoms with E-state index in [-0.39, 0.29) is 5.91 Å². The maximum atomic E-state index is 11.4. The third-order valence-corrected chi connectivity index (χ3v) is 2.64. The molecule has 0 bridgehead atoms. The summed E-state index contributed by atoms with van der Waals surface area (Å²) in [5.41, 5.74) is 0. The summed E-state index contributed by atoms with van der Waals surface area (Å²) in [5.74, 6) is 0.351. The minimum atomic E-state index is -0.512. The molecule has 0 fully saturated rings. The van der Waals surface area contributed by atoms with Crippen LogP contribution in [0.5, 0.6) is 0 Å². The van der Waals surface area contributed by atoms with E-state index in [9.17, 15) is 9.90 Å². The first-order valence-corrected chi connectivity index (χ1v) is 7.74. The summed E-state index contributed by atoms with van der Waals surface area (Å²) in [7, 11) is 0. The van der Waals surface area contributed by atoms with Crippen molar-refractivity contribution in [1.82, 2.24) is 5.32 Å². The van der Waals surface area contributed by atoms with E-state index in [2.05, 4.69) is 5.32 Å². The Morgan fingerprint density at radius 3 is 2.36 bits per heavy atom. The van der Waals surface area contributed by atoms with Gasteiger partial charge in [-0.25, -0.2) is 0 Å². The van der Waals surface area contributed by atoms with Crippen LogP contribution in [0.15, 0.2) is 48.6 Å². The smallest absolute Gasteiger partial charge is 0.243 e. The van der Waals surface area contributed by atoms with Gasteiger partial charge in [0, 0.05) is 12.6 Å². The summed E-state index contributed by atoms with van der Waals surface area (Å²) in [5, 5.41) is 21.5. The zero-order valence-corrected chi connectivity index (χ0v) is 13.8. The van der Waals surface area contributed by atoms with Crippen LogP contribution >= 0.6 is 0 Å². The van der Waals surface area contributed by atoms with Gasteiger partial charge < -0.3 is 15.5 Å². The molecule has 1 amide bonds. The zero-order valence-electron chi connectivity index (χ0n) is 13.8. The molecule has 2 unspecified atom stereocenters. The maximum Gasteiger partial charge on any atom is 0.243 e. The summed E-state index contributed by atoms with van der Waals surface area (Å²) in [4.78, 5) is 11.4. The van der Waals surface area contributed by atoms with Crippen molar-refractivity contribution in [2.45, 2.75) is 45.8 Å². The first-order chi connectivity index (χ1) is 10.4. The lowest BCUT2D eigenvalue weighted by Gasteiger charge is -2.03. The van der Waals surface area contributed by atoms with Gasteiger partial charge in [-0.3, -0.25) is 4.79 Å². The lowest BCUT2D eigenvalue weighted by Crippen LogP contribution is -2.25. The number of amides is 1. The van der Waals surface area contributed by atoms with E-state index < -0.39 is 12.2 Å². The Balaban J connectivity index is 3.83. The maximum absolute atomic E-state index is 11.4. The quantitative estimate of drug-likeness (QED) is 0.429. The van der Waals surface area contributed by atoms with E-state index in [1.807, 2.05) is 19.9 Å². The van der Waals surface area contributed by atoms with Gasteiger partial charge in [0.05, 0.1) is 12.2 Å². The van der Waals surface area contributed by atoms with Gasteiger partial charge in [-0.15, -0.1) is 0 Å². The molecule has 2 atom stereocenters. The first kappa shape index (κ1) is 20.3. The number of aliphatic hydroxyl groups is 2. The number of nitrogens with one attached hydrogen (secondary N) is 1. The Morgan fingerprint density at radius 2 is 1.73 bits per heavy atom. The van der Waals surface area contributed by atoms with Crippen molar-refractivity contribution in [3.05, 3.63) is 48.6 Å². The van der Waals surface area contributed by atoms with Crippen LogP contribution in [-0.2, 0) is 4.79 Å². The molecule has 0 aromatic rings. The molecule has 3 N–H and O–H groups in total. The second-order valence-corrected chi connectivity index (χ2v) is 5.58. The van der Waals surface area contributed by atoms with E-state index in [4.69, 9.17) is 5.11 Å². The minimum Gasteiger partial charge on any atom is -0.389 e. The normalized spacial score (nSPS) is 15.5. The van der Waals surface area contributed by atoms with Crippen molar-refractivity contribution in [2.75, 3.05) is 6.54 Å². The van der Waals surface area contributed by atoms with Gasteiger partial charge in [-0.1, -0.05) is 56.4 Å². The highest BCUT2D eigenvalue weighted by Crippen LogP contribution is 2.00. The molecule has 0 aliphatic rings. The predicted octanol–water partition coefficient (Wildman–Crippen LogP) is 2.51. The molecule has 22 heavy (non-hydrogen) atoms. The van der Waals surface area contributed by atoms with E-state index in [1.54, 1.807) is 43.4 Å². The summed E-state index contributed by atoms with van der Waals surface area (Å²) in [6.45, 7) is 6.44. The molecule has 0 saturated heterocycles. The van der Waals surface area contributed by atoms with Crippen LogP contribution in [0.1, 0.15) is 33.6 Å². The summed E-state index contributed by atoms with van der Waals surface area (Å²) < 4.78 is 0. The highest BCUT2D eigenvalue weighted by molar-refractivity contribution is 5.87. The van der Waals surface area contributed by atoms with Gasteiger partial charge in [-0.05, 0) is 25.7 Å². The van der Waals surface area contributed by atoms with E-state index in [0.29, 0.717) is 18.9 Å². The monoisotopic (exact) mass is 307 g/mol. The fraction of sp³-hybridized carbons (Fsp3) is 0.500. The fourth-order valence-electron chi connectivity index (χ4n) is 1.46. The molecule has 0 radical (unpaired) electrons. The van der Waals surface area contributed by atoms with Crippen molar-refractivity contribution < 1.29 is 15.0 Å². The summed E-state index contributed by atoms with van der Waals surface area (Å²) >= 11 is 0. The van der Waals surface area contributed by atoms with Crippen molar-refractivity contribution in [2.24, 2.45) is 5.92 Å². The number of rotatable bonds is 10. The van der Waals surface area contributed by atoms with Crippen molar-refractivity contribution in [3.8, 4) is 0 Å². The Labute approximate surface area is 133 Å². The largest absolute Gasteiger partial charge is 0.389 e. The molecule has 0 spiro atoms. The molecule has 0 rings (SSSR count). The number of carbonyl (C=O) groups excluding carboxylic acids is 1. The van der Waals surface area contributed by atoms with Crippen molar-refractivity contribution in [1.29, 1.82) is 0 Å². The summed E-state index contributed by atoms with van der Waals surface area (Å²) in [6.07, 6.45) is 14.0. The van der Waals surface area contributed by atoms with Crippen molar-refractivity contribution >= 4 is 5.91 Å². The van der Waals surface area contributed by atoms with Crippen LogP contribution in [0.4, 0.5) is 0 Å². The van der Waals surface area contributed by atoms with Gasteiger partial charge in [-0.2, -0.15) is 0 Å². The molecule has 0 aliphatic carbocycles. The topological polar surface area (TPSA) is 69.6 Å². The molecule has 0 aromatic heterocycles. The number of hydrogen-bond donors (Lipinski definition) is 3. The number of aliphatic hydroxyl groups excluding tert-OH is 2. The van der Waals surface area contributed by atoms with Gasteiger partial charge >= 0.3 is 0 Å². The highest BCUT2D eigenvalue weighted by Gasteiger charge is 1.96. The van der Waals surface area contributed by atoms with Crippen LogP contribution < -0.4 is 5.32 Å². The average molecular weight is 307 g/mol. The number of carbonyl (C=O) groups is 1. The van der Waals surface area contributed by atoms with Crippen LogP contribution in [0.3, 0.4) is 0 Å². The van der Waals surface area contributed by atoms with Crippen LogP contribution in [0.25, 0.3) is 0 Å². The second kappa shape index (κ2) is 13.0. The van der Waals surface area contributed by atoms with Crippen LogP contribution in [0, 0.1) is 5.92 Å². The van der Waals surface area contributed by atoms with E-state index in [1.165, 1.54) is 6.08 Å². The third-order valence-electron chi connectivity index (χ3n) is 2.64. The van der Waals surface area contributed by atoms with Crippen LogP contribution in [0.2, 0.25) is 0 Å². The first-order valence-electron chi connectivity index (χ1n) is 7.74.